The van der Waals surface area contributed by atoms with E-state index in [1.165, 1.54) is 18.2 Å². The molecule has 1 aliphatic rings. The van der Waals surface area contributed by atoms with Crippen LogP contribution in [0.4, 0.5) is 5.69 Å². The molecule has 116 valence electrons. The third-order valence-corrected chi connectivity index (χ3v) is 5.40. The molecule has 4 N–H and O–H groups in total. The highest BCUT2D eigenvalue weighted by Gasteiger charge is 2.26. The third kappa shape index (κ3) is 3.74. The molecule has 2 atom stereocenters. The topological polar surface area (TPSA) is 109 Å². The summed E-state index contributed by atoms with van der Waals surface area (Å²) in [5.41, 5.74) is 5.62. The van der Waals surface area contributed by atoms with Crippen molar-refractivity contribution in [1.82, 2.24) is 4.72 Å². The molecule has 1 fully saturated rings. The smallest absolute Gasteiger partial charge is 0.335 e. The molecule has 0 amide bonds. The summed E-state index contributed by atoms with van der Waals surface area (Å²) in [6.45, 7) is 2.11. The normalized spacial score (nSPS) is 22.9. The second-order valence-corrected chi connectivity index (χ2v) is 7.33. The average molecular weight is 312 g/mol. The first-order valence-electron chi connectivity index (χ1n) is 6.95. The molecule has 6 nitrogen and oxygen atoms in total. The fraction of sp³-hybridized carbons (Fsp3) is 0.500. The molecule has 0 saturated heterocycles. The van der Waals surface area contributed by atoms with Crippen molar-refractivity contribution in [2.24, 2.45) is 5.92 Å². The first kappa shape index (κ1) is 15.8. The summed E-state index contributed by atoms with van der Waals surface area (Å²) in [6.07, 6.45) is 3.75. The van der Waals surface area contributed by atoms with E-state index < -0.39 is 16.0 Å². The van der Waals surface area contributed by atoms with Crippen molar-refractivity contribution in [3.63, 3.8) is 0 Å². The molecular weight excluding hydrogens is 292 g/mol. The van der Waals surface area contributed by atoms with Crippen LogP contribution in [0.2, 0.25) is 0 Å². The van der Waals surface area contributed by atoms with Crippen LogP contribution in [-0.2, 0) is 10.0 Å². The van der Waals surface area contributed by atoms with E-state index in [9.17, 15) is 13.2 Å². The van der Waals surface area contributed by atoms with E-state index >= 15 is 0 Å². The minimum atomic E-state index is -3.72. The van der Waals surface area contributed by atoms with Gasteiger partial charge in [-0.3, -0.25) is 0 Å². The predicted molar refractivity (Wildman–Crippen MR) is 79.6 cm³/mol. The van der Waals surface area contributed by atoms with Gasteiger partial charge in [-0.2, -0.15) is 0 Å². The van der Waals surface area contributed by atoms with E-state index in [1.807, 2.05) is 0 Å². The number of hydrogen-bond donors (Lipinski definition) is 3. The molecule has 2 unspecified atom stereocenters. The van der Waals surface area contributed by atoms with Gasteiger partial charge in [-0.05, 0) is 37.0 Å². The van der Waals surface area contributed by atoms with Gasteiger partial charge >= 0.3 is 5.97 Å². The van der Waals surface area contributed by atoms with Gasteiger partial charge in [-0.15, -0.1) is 0 Å². The molecule has 21 heavy (non-hydrogen) atoms. The molecule has 0 bridgehead atoms. The van der Waals surface area contributed by atoms with Crippen LogP contribution in [0.1, 0.15) is 43.0 Å². The molecule has 1 aromatic carbocycles. The van der Waals surface area contributed by atoms with Crippen molar-refractivity contribution >= 4 is 21.7 Å². The Morgan fingerprint density at radius 1 is 1.38 bits per heavy atom. The van der Waals surface area contributed by atoms with Crippen LogP contribution in [0, 0.1) is 5.92 Å². The summed E-state index contributed by atoms with van der Waals surface area (Å²) < 4.78 is 27.4. The zero-order chi connectivity index (χ0) is 15.6. The Morgan fingerprint density at radius 2 is 2.10 bits per heavy atom. The van der Waals surface area contributed by atoms with Crippen molar-refractivity contribution in [2.75, 3.05) is 5.73 Å². The predicted octanol–water partition coefficient (Wildman–Crippen LogP) is 1.82. The van der Waals surface area contributed by atoms with Gasteiger partial charge in [-0.1, -0.05) is 19.8 Å². The van der Waals surface area contributed by atoms with Gasteiger partial charge in [0.05, 0.1) is 11.3 Å². The van der Waals surface area contributed by atoms with Gasteiger partial charge in [0.25, 0.3) is 0 Å². The lowest BCUT2D eigenvalue weighted by atomic mass is 9.88. The number of anilines is 1. The van der Waals surface area contributed by atoms with Crippen LogP contribution in [0.3, 0.4) is 0 Å². The van der Waals surface area contributed by atoms with E-state index in [4.69, 9.17) is 10.8 Å². The summed E-state index contributed by atoms with van der Waals surface area (Å²) in [5.74, 6) is -0.641. The van der Waals surface area contributed by atoms with Crippen molar-refractivity contribution in [3.8, 4) is 0 Å². The Balaban J connectivity index is 2.21. The molecule has 1 saturated carbocycles. The van der Waals surface area contributed by atoms with E-state index in [0.717, 1.165) is 25.7 Å². The lowest BCUT2D eigenvalue weighted by Crippen LogP contribution is -2.38. The van der Waals surface area contributed by atoms with Gasteiger partial charge in [0.15, 0.2) is 0 Å². The highest BCUT2D eigenvalue weighted by molar-refractivity contribution is 7.89. The number of carboxylic acids is 1. The van der Waals surface area contributed by atoms with E-state index in [-0.39, 0.29) is 22.2 Å². The zero-order valence-electron chi connectivity index (χ0n) is 11.9. The number of rotatable bonds is 4. The summed E-state index contributed by atoms with van der Waals surface area (Å²) in [5, 5.41) is 8.87. The van der Waals surface area contributed by atoms with Crippen molar-refractivity contribution in [1.29, 1.82) is 0 Å². The molecule has 1 aromatic rings. The van der Waals surface area contributed by atoms with Gasteiger partial charge in [0.1, 0.15) is 4.90 Å². The number of nitrogens with one attached hydrogen (secondary N) is 1. The third-order valence-electron chi connectivity index (χ3n) is 3.80. The Kier molecular flexibility index (Phi) is 4.53. The summed E-state index contributed by atoms with van der Waals surface area (Å²) in [4.78, 5) is 10.8. The first-order valence-corrected chi connectivity index (χ1v) is 8.43. The number of carboxylic acid groups (broad SMARTS) is 1. The average Bonchev–Trinajstić information content (AvgIpc) is 2.37. The quantitative estimate of drug-likeness (QED) is 0.735. The van der Waals surface area contributed by atoms with E-state index in [2.05, 4.69) is 11.6 Å². The van der Waals surface area contributed by atoms with Crippen LogP contribution in [0.25, 0.3) is 0 Å². The highest BCUT2D eigenvalue weighted by atomic mass is 32.2. The summed E-state index contributed by atoms with van der Waals surface area (Å²) in [7, 11) is -3.72. The number of nitrogens with two attached hydrogens (primary N) is 1. The second kappa shape index (κ2) is 6.03. The highest BCUT2D eigenvalue weighted by Crippen LogP contribution is 2.26. The van der Waals surface area contributed by atoms with Crippen LogP contribution in [0.5, 0.6) is 0 Å². The van der Waals surface area contributed by atoms with Crippen LogP contribution >= 0.6 is 0 Å². The molecule has 0 heterocycles. The van der Waals surface area contributed by atoms with Crippen molar-refractivity contribution in [3.05, 3.63) is 23.8 Å². The van der Waals surface area contributed by atoms with Crippen LogP contribution < -0.4 is 10.5 Å². The Bertz CT molecular complexity index is 642. The minimum Gasteiger partial charge on any atom is -0.478 e. The number of sulfonamides is 1. The number of aromatic carboxylic acids is 1. The molecule has 1 aliphatic carbocycles. The number of benzene rings is 1. The zero-order valence-corrected chi connectivity index (χ0v) is 12.7. The number of nitrogen functional groups attached to an aromatic ring is 1. The Morgan fingerprint density at radius 3 is 2.67 bits per heavy atom. The van der Waals surface area contributed by atoms with E-state index in [1.54, 1.807) is 0 Å². The Labute approximate surface area is 124 Å². The molecule has 0 aliphatic heterocycles. The maximum Gasteiger partial charge on any atom is 0.335 e. The lowest BCUT2D eigenvalue weighted by Gasteiger charge is -2.27. The van der Waals surface area contributed by atoms with E-state index in [0.29, 0.717) is 5.92 Å². The molecular formula is C14H20N2O4S. The largest absolute Gasteiger partial charge is 0.478 e. The fourth-order valence-corrected chi connectivity index (χ4v) is 4.15. The first-order chi connectivity index (χ1) is 9.79. The van der Waals surface area contributed by atoms with Crippen molar-refractivity contribution < 1.29 is 18.3 Å². The monoisotopic (exact) mass is 312 g/mol. The number of carbonyl (C=O) groups is 1. The summed E-state index contributed by atoms with van der Waals surface area (Å²) >= 11 is 0. The van der Waals surface area contributed by atoms with Crippen LogP contribution in [0.15, 0.2) is 23.1 Å². The molecule has 0 radical (unpaired) electrons. The second-order valence-electron chi connectivity index (χ2n) is 5.65. The van der Waals surface area contributed by atoms with Gasteiger partial charge in [0.2, 0.25) is 10.0 Å². The molecule has 0 aromatic heterocycles. The van der Waals surface area contributed by atoms with Crippen LogP contribution in [-0.4, -0.2) is 25.5 Å². The number of hydrogen-bond acceptors (Lipinski definition) is 4. The fourth-order valence-electron chi connectivity index (χ4n) is 2.75. The molecule has 0 spiro atoms. The maximum atomic E-state index is 12.4. The SMILES string of the molecule is CC1CCCC(NS(=O)(=O)c2ccc(C(=O)O)cc2N)C1. The van der Waals surface area contributed by atoms with Crippen molar-refractivity contribution in [2.45, 2.75) is 43.5 Å². The lowest BCUT2D eigenvalue weighted by molar-refractivity contribution is 0.0697. The molecule has 7 heteroatoms. The molecule has 2 rings (SSSR count). The maximum absolute atomic E-state index is 12.4. The van der Waals surface area contributed by atoms with Gasteiger partial charge < -0.3 is 10.8 Å². The van der Waals surface area contributed by atoms with Gasteiger partial charge in [0, 0.05) is 6.04 Å². The Hall–Kier alpha value is -1.60. The summed E-state index contributed by atoms with van der Waals surface area (Å²) in [6, 6.07) is 3.57. The standard InChI is InChI=1S/C14H20N2O4S/c1-9-3-2-4-11(7-9)16-21(19,20)13-6-5-10(14(17)18)8-12(13)15/h5-6,8-9,11,16H,2-4,7,15H2,1H3,(H,17,18). The minimum absolute atomic E-state index is 0.0299. The van der Waals surface area contributed by atoms with Gasteiger partial charge in [-0.25, -0.2) is 17.9 Å².